The summed E-state index contributed by atoms with van der Waals surface area (Å²) in [6, 6.07) is 5.13. The highest BCUT2D eigenvalue weighted by molar-refractivity contribution is 8.15. The average molecular weight is 361 g/mol. The molecule has 0 radical (unpaired) electrons. The van der Waals surface area contributed by atoms with Crippen molar-refractivity contribution in [3.05, 3.63) is 51.2 Å². The summed E-state index contributed by atoms with van der Waals surface area (Å²) < 4.78 is 4.84. The van der Waals surface area contributed by atoms with Gasteiger partial charge in [0, 0.05) is 6.07 Å². The van der Waals surface area contributed by atoms with E-state index in [1.807, 2.05) is 0 Å². The number of amidine groups is 1. The molecule has 3 rings (SSSR count). The number of rotatable bonds is 3. The second-order valence-electron chi connectivity index (χ2n) is 5.57. The lowest BCUT2D eigenvalue weighted by molar-refractivity contribution is -0.385. The summed E-state index contributed by atoms with van der Waals surface area (Å²) in [5.41, 5.74) is 0.599. The number of allylic oxidation sites excluding steroid dienone is 1. The Kier molecular flexibility index (Phi) is 4.34. The molecule has 25 heavy (non-hydrogen) atoms. The van der Waals surface area contributed by atoms with Crippen LogP contribution < -0.4 is 0 Å². The first-order valence-corrected chi connectivity index (χ1v) is 8.35. The third-order valence-corrected chi connectivity index (χ3v) is 5.15. The molecule has 1 amide bonds. The van der Waals surface area contributed by atoms with Crippen molar-refractivity contribution in [1.29, 1.82) is 0 Å². The fourth-order valence-corrected chi connectivity index (χ4v) is 3.98. The minimum atomic E-state index is -0.938. The highest BCUT2D eigenvalue weighted by Crippen LogP contribution is 2.45. The zero-order valence-electron chi connectivity index (χ0n) is 13.8. The molecule has 1 saturated heterocycles. The van der Waals surface area contributed by atoms with Gasteiger partial charge in [-0.2, -0.15) is 0 Å². The van der Waals surface area contributed by atoms with E-state index in [4.69, 9.17) is 4.74 Å². The van der Waals surface area contributed by atoms with Gasteiger partial charge in [-0.3, -0.25) is 19.8 Å². The number of benzene rings is 1. The Morgan fingerprint density at radius 1 is 1.40 bits per heavy atom. The van der Waals surface area contributed by atoms with Gasteiger partial charge in [0.1, 0.15) is 6.04 Å². The van der Waals surface area contributed by atoms with Crippen LogP contribution in [0.25, 0.3) is 0 Å². The van der Waals surface area contributed by atoms with Gasteiger partial charge in [-0.15, -0.1) is 0 Å². The van der Waals surface area contributed by atoms with E-state index in [0.29, 0.717) is 10.9 Å². The monoisotopic (exact) mass is 361 g/mol. The first kappa shape index (κ1) is 17.2. The SMILES string of the molecule is COC(=O)C1=C(C)N=C2S[C@H](C)C(=O)N2[C@H]1c1ccccc1[N+](=O)[O-]. The van der Waals surface area contributed by atoms with Crippen molar-refractivity contribution >= 4 is 34.5 Å². The van der Waals surface area contributed by atoms with Crippen molar-refractivity contribution in [2.75, 3.05) is 7.11 Å². The van der Waals surface area contributed by atoms with E-state index < -0.39 is 16.9 Å². The highest BCUT2D eigenvalue weighted by atomic mass is 32.2. The average Bonchev–Trinajstić information content (AvgIpc) is 2.87. The molecule has 2 aliphatic rings. The van der Waals surface area contributed by atoms with E-state index in [-0.39, 0.29) is 28.0 Å². The zero-order valence-corrected chi connectivity index (χ0v) is 14.6. The molecule has 0 aliphatic carbocycles. The van der Waals surface area contributed by atoms with Crippen molar-refractivity contribution in [1.82, 2.24) is 4.90 Å². The number of para-hydroxylation sites is 1. The molecule has 8 nitrogen and oxygen atoms in total. The molecule has 9 heteroatoms. The number of fused-ring (bicyclic) bond motifs is 1. The van der Waals surface area contributed by atoms with E-state index in [2.05, 4.69) is 4.99 Å². The largest absolute Gasteiger partial charge is 0.466 e. The van der Waals surface area contributed by atoms with E-state index in [9.17, 15) is 19.7 Å². The quantitative estimate of drug-likeness (QED) is 0.465. The smallest absolute Gasteiger partial charge is 0.338 e. The predicted octanol–water partition coefficient (Wildman–Crippen LogP) is 2.42. The third-order valence-electron chi connectivity index (χ3n) is 4.09. The number of methoxy groups -OCH3 is 1. The van der Waals surface area contributed by atoms with Crippen LogP contribution in [0.4, 0.5) is 5.69 Å². The summed E-state index contributed by atoms with van der Waals surface area (Å²) in [7, 11) is 1.22. The Morgan fingerprint density at radius 3 is 2.72 bits per heavy atom. The number of esters is 1. The number of nitro benzene ring substituents is 1. The highest BCUT2D eigenvalue weighted by Gasteiger charge is 2.47. The molecule has 1 aromatic rings. The maximum absolute atomic E-state index is 12.6. The van der Waals surface area contributed by atoms with Crippen LogP contribution in [0.15, 0.2) is 40.5 Å². The molecule has 0 aromatic heterocycles. The summed E-state index contributed by atoms with van der Waals surface area (Å²) in [4.78, 5) is 41.6. The van der Waals surface area contributed by atoms with Crippen LogP contribution in [0.3, 0.4) is 0 Å². The van der Waals surface area contributed by atoms with Crippen LogP contribution in [0.5, 0.6) is 0 Å². The number of hydrogen-bond acceptors (Lipinski definition) is 7. The number of amides is 1. The Hall–Kier alpha value is -2.68. The van der Waals surface area contributed by atoms with Crippen molar-refractivity contribution < 1.29 is 19.2 Å². The lowest BCUT2D eigenvalue weighted by Crippen LogP contribution is -2.40. The van der Waals surface area contributed by atoms with Crippen LogP contribution in [0.1, 0.15) is 25.5 Å². The second kappa shape index (κ2) is 6.32. The van der Waals surface area contributed by atoms with Crippen molar-refractivity contribution in [2.24, 2.45) is 4.99 Å². The van der Waals surface area contributed by atoms with Crippen LogP contribution in [0, 0.1) is 10.1 Å². The maximum Gasteiger partial charge on any atom is 0.338 e. The molecule has 2 aliphatic heterocycles. The molecule has 2 heterocycles. The molecule has 130 valence electrons. The number of aliphatic imine (C=N–C) groups is 1. The Morgan fingerprint density at radius 2 is 2.08 bits per heavy atom. The van der Waals surface area contributed by atoms with Gasteiger partial charge in [0.15, 0.2) is 5.17 Å². The predicted molar refractivity (Wildman–Crippen MR) is 91.9 cm³/mol. The maximum atomic E-state index is 12.6. The fraction of sp³-hybridized carbons (Fsp3) is 0.312. The van der Waals surface area contributed by atoms with Gasteiger partial charge in [0.05, 0.1) is 34.1 Å². The van der Waals surface area contributed by atoms with Gasteiger partial charge in [-0.1, -0.05) is 23.9 Å². The van der Waals surface area contributed by atoms with E-state index in [1.165, 1.54) is 35.9 Å². The molecule has 2 atom stereocenters. The van der Waals surface area contributed by atoms with Crippen molar-refractivity contribution in [3.8, 4) is 0 Å². The van der Waals surface area contributed by atoms with Gasteiger partial charge in [0.2, 0.25) is 5.91 Å². The summed E-state index contributed by atoms with van der Waals surface area (Å²) in [5, 5.41) is 11.5. The molecule has 1 fully saturated rings. The molecule has 0 spiro atoms. The fourth-order valence-electron chi connectivity index (χ4n) is 2.95. The number of carbonyl (C=O) groups is 2. The Balaban J connectivity index is 2.26. The number of nitrogens with zero attached hydrogens (tertiary/aromatic N) is 3. The topological polar surface area (TPSA) is 102 Å². The van der Waals surface area contributed by atoms with Gasteiger partial charge in [-0.25, -0.2) is 9.79 Å². The first-order valence-electron chi connectivity index (χ1n) is 7.47. The molecule has 0 saturated carbocycles. The molecule has 0 bridgehead atoms. The lowest BCUT2D eigenvalue weighted by Gasteiger charge is -2.32. The molecular formula is C16H15N3O5S. The lowest BCUT2D eigenvalue weighted by atomic mass is 9.93. The van der Waals surface area contributed by atoms with Crippen LogP contribution >= 0.6 is 11.8 Å². The van der Waals surface area contributed by atoms with E-state index in [0.717, 1.165) is 0 Å². The van der Waals surface area contributed by atoms with Crippen molar-refractivity contribution in [3.63, 3.8) is 0 Å². The number of nitro groups is 1. The van der Waals surface area contributed by atoms with E-state index >= 15 is 0 Å². The van der Waals surface area contributed by atoms with Crippen LogP contribution in [-0.2, 0) is 14.3 Å². The Bertz CT molecular complexity index is 848. The summed E-state index contributed by atoms with van der Waals surface area (Å²) in [6.45, 7) is 3.36. The van der Waals surface area contributed by atoms with Crippen molar-refractivity contribution in [2.45, 2.75) is 25.1 Å². The minimum absolute atomic E-state index is 0.128. The second-order valence-corrected chi connectivity index (χ2v) is 6.88. The van der Waals surface area contributed by atoms with Crippen LogP contribution in [0.2, 0.25) is 0 Å². The number of carbonyl (C=O) groups excluding carboxylic acids is 2. The summed E-state index contributed by atoms with van der Waals surface area (Å²) in [5.74, 6) is -0.915. The van der Waals surface area contributed by atoms with Gasteiger partial charge < -0.3 is 4.74 Å². The Labute approximate surface area is 147 Å². The molecular weight excluding hydrogens is 346 g/mol. The zero-order chi connectivity index (χ0) is 18.3. The number of hydrogen-bond donors (Lipinski definition) is 0. The molecule has 0 unspecified atom stereocenters. The van der Waals surface area contributed by atoms with Gasteiger partial charge in [-0.05, 0) is 19.9 Å². The summed E-state index contributed by atoms with van der Waals surface area (Å²) >= 11 is 1.27. The normalized spacial score (nSPS) is 22.6. The molecule has 0 N–H and O–H groups in total. The van der Waals surface area contributed by atoms with Gasteiger partial charge >= 0.3 is 5.97 Å². The first-order chi connectivity index (χ1) is 11.9. The van der Waals surface area contributed by atoms with E-state index in [1.54, 1.807) is 26.0 Å². The number of thioether (sulfide) groups is 1. The molecule has 1 aromatic carbocycles. The minimum Gasteiger partial charge on any atom is -0.466 e. The van der Waals surface area contributed by atoms with Crippen LogP contribution in [-0.4, -0.2) is 39.2 Å². The number of ether oxygens (including phenoxy) is 1. The summed E-state index contributed by atoms with van der Waals surface area (Å²) in [6.07, 6.45) is 0. The van der Waals surface area contributed by atoms with Gasteiger partial charge in [0.25, 0.3) is 5.69 Å². The third kappa shape index (κ3) is 2.70. The standard InChI is InChI=1S/C16H15N3O5S/c1-8-12(15(21)24-3)13(10-6-4-5-7-11(10)19(22)23)18-14(20)9(2)25-16(18)17-8/h4-7,9,13H,1-3H3/t9-,13+/m1/s1.